The summed E-state index contributed by atoms with van der Waals surface area (Å²) in [5.74, 6) is 1.30. The Bertz CT molecular complexity index is 914. The summed E-state index contributed by atoms with van der Waals surface area (Å²) in [6.07, 6.45) is 0. The number of nitrogens with two attached hydrogens (primary N) is 1. The molecule has 0 spiro atoms. The van der Waals surface area contributed by atoms with E-state index in [0.717, 1.165) is 10.9 Å². The van der Waals surface area contributed by atoms with Crippen molar-refractivity contribution < 1.29 is 13.9 Å². The van der Waals surface area contributed by atoms with Crippen LogP contribution in [0.2, 0.25) is 0 Å². The molecule has 0 aliphatic carbocycles. The first-order valence-electron chi connectivity index (χ1n) is 6.44. The number of nitrogen functional groups attached to an aromatic ring is 1. The summed E-state index contributed by atoms with van der Waals surface area (Å²) in [5.41, 5.74) is 7.69. The Hall–Kier alpha value is -2.95. The zero-order valence-corrected chi connectivity index (χ0v) is 11.0. The van der Waals surface area contributed by atoms with E-state index in [0.29, 0.717) is 28.3 Å². The minimum Gasteiger partial charge on any atom is -0.454 e. The summed E-state index contributed by atoms with van der Waals surface area (Å²) < 4.78 is 15.9. The largest absolute Gasteiger partial charge is 0.454 e. The van der Waals surface area contributed by atoms with Crippen LogP contribution in [0, 0.1) is 0 Å². The maximum absolute atomic E-state index is 12.1. The molecule has 1 aromatic heterocycles. The normalized spacial score (nSPS) is 12.8. The second-order valence-electron chi connectivity index (χ2n) is 4.81. The molecule has 1 aliphatic rings. The lowest BCUT2D eigenvalue weighted by molar-refractivity contribution is 0.174. The monoisotopic (exact) mass is 281 g/mol. The molecular weight excluding hydrogens is 270 g/mol. The van der Waals surface area contributed by atoms with Crippen molar-refractivity contribution in [3.8, 4) is 22.6 Å². The van der Waals surface area contributed by atoms with E-state index in [1.807, 2.05) is 0 Å². The Morgan fingerprint density at radius 1 is 0.952 bits per heavy atom. The second kappa shape index (κ2) is 4.28. The predicted octanol–water partition coefficient (Wildman–Crippen LogP) is 2.77. The van der Waals surface area contributed by atoms with Crippen LogP contribution < -0.4 is 20.8 Å². The molecule has 0 amide bonds. The summed E-state index contributed by atoms with van der Waals surface area (Å²) >= 11 is 0. The summed E-state index contributed by atoms with van der Waals surface area (Å²) in [7, 11) is 0. The molecule has 2 heterocycles. The highest BCUT2D eigenvalue weighted by Gasteiger charge is 2.16. The third-order valence-corrected chi connectivity index (χ3v) is 3.44. The molecule has 0 unspecified atom stereocenters. The van der Waals surface area contributed by atoms with Crippen molar-refractivity contribution in [3.05, 3.63) is 52.9 Å². The molecule has 5 heteroatoms. The van der Waals surface area contributed by atoms with Gasteiger partial charge in [0.05, 0.1) is 5.56 Å². The Labute approximate surface area is 119 Å². The quantitative estimate of drug-likeness (QED) is 0.548. The molecule has 1 aliphatic heterocycles. The third-order valence-electron chi connectivity index (χ3n) is 3.44. The molecule has 0 fully saturated rings. The third kappa shape index (κ3) is 1.90. The van der Waals surface area contributed by atoms with E-state index >= 15 is 0 Å². The second-order valence-corrected chi connectivity index (χ2v) is 4.81. The molecule has 0 saturated carbocycles. The van der Waals surface area contributed by atoms with Gasteiger partial charge >= 0.3 is 5.63 Å². The van der Waals surface area contributed by atoms with E-state index in [1.54, 1.807) is 42.5 Å². The van der Waals surface area contributed by atoms with Crippen molar-refractivity contribution in [1.29, 1.82) is 0 Å². The van der Waals surface area contributed by atoms with Gasteiger partial charge in [-0.1, -0.05) is 6.07 Å². The van der Waals surface area contributed by atoms with Crippen LogP contribution in [0.1, 0.15) is 0 Å². The topological polar surface area (TPSA) is 74.7 Å². The fourth-order valence-corrected chi connectivity index (χ4v) is 2.41. The number of hydrogen-bond acceptors (Lipinski definition) is 5. The predicted molar refractivity (Wildman–Crippen MR) is 78.5 cm³/mol. The van der Waals surface area contributed by atoms with Crippen molar-refractivity contribution in [3.63, 3.8) is 0 Å². The standard InChI is InChI=1S/C16H11NO4/c17-11-2-4-13-10(5-11)6-12(16(18)21-13)9-1-3-14-15(7-9)20-8-19-14/h1-7H,8,17H2. The number of fused-ring (bicyclic) bond motifs is 2. The van der Waals surface area contributed by atoms with E-state index < -0.39 is 5.63 Å². The highest BCUT2D eigenvalue weighted by atomic mass is 16.7. The van der Waals surface area contributed by atoms with Crippen LogP contribution in [-0.4, -0.2) is 6.79 Å². The molecule has 5 nitrogen and oxygen atoms in total. The highest BCUT2D eigenvalue weighted by molar-refractivity contribution is 5.84. The number of benzene rings is 2. The number of hydrogen-bond donors (Lipinski definition) is 1. The van der Waals surface area contributed by atoms with E-state index in [9.17, 15) is 4.79 Å². The number of anilines is 1. The summed E-state index contributed by atoms with van der Waals surface area (Å²) in [6, 6.07) is 12.3. The first kappa shape index (κ1) is 11.8. The molecule has 0 bridgehead atoms. The van der Waals surface area contributed by atoms with Gasteiger partial charge < -0.3 is 19.6 Å². The smallest absolute Gasteiger partial charge is 0.344 e. The van der Waals surface area contributed by atoms with Crippen molar-refractivity contribution >= 4 is 16.7 Å². The number of rotatable bonds is 1. The van der Waals surface area contributed by atoms with Gasteiger partial charge in [-0.2, -0.15) is 0 Å². The Morgan fingerprint density at radius 3 is 2.71 bits per heavy atom. The number of ether oxygens (including phenoxy) is 2. The summed E-state index contributed by atoms with van der Waals surface area (Å²) in [4.78, 5) is 12.1. The van der Waals surface area contributed by atoms with Crippen LogP contribution >= 0.6 is 0 Å². The van der Waals surface area contributed by atoms with Crippen LogP contribution in [0.3, 0.4) is 0 Å². The van der Waals surface area contributed by atoms with Gasteiger partial charge in [-0.15, -0.1) is 0 Å². The first-order chi connectivity index (χ1) is 10.2. The Kier molecular flexibility index (Phi) is 2.41. The maximum Gasteiger partial charge on any atom is 0.344 e. The molecule has 4 rings (SSSR count). The van der Waals surface area contributed by atoms with E-state index in [-0.39, 0.29) is 6.79 Å². The van der Waals surface area contributed by atoms with Gasteiger partial charge in [0.1, 0.15) is 5.58 Å². The zero-order valence-electron chi connectivity index (χ0n) is 11.0. The lowest BCUT2D eigenvalue weighted by Gasteiger charge is -2.04. The van der Waals surface area contributed by atoms with Gasteiger partial charge in [-0.3, -0.25) is 0 Å². The summed E-state index contributed by atoms with van der Waals surface area (Å²) in [6.45, 7) is 0.196. The molecule has 21 heavy (non-hydrogen) atoms. The van der Waals surface area contributed by atoms with Crippen molar-refractivity contribution in [1.82, 2.24) is 0 Å². The van der Waals surface area contributed by atoms with Crippen molar-refractivity contribution in [2.75, 3.05) is 12.5 Å². The van der Waals surface area contributed by atoms with Crippen LogP contribution in [0.4, 0.5) is 5.69 Å². The Balaban J connectivity index is 1.93. The minimum absolute atomic E-state index is 0.196. The molecule has 0 radical (unpaired) electrons. The van der Waals surface area contributed by atoms with E-state index in [4.69, 9.17) is 19.6 Å². The highest BCUT2D eigenvalue weighted by Crippen LogP contribution is 2.35. The van der Waals surface area contributed by atoms with Gasteiger partial charge in [-0.25, -0.2) is 4.79 Å². The molecule has 0 atom stereocenters. The molecule has 2 N–H and O–H groups in total. The van der Waals surface area contributed by atoms with Crippen molar-refractivity contribution in [2.24, 2.45) is 0 Å². The molecule has 2 aromatic carbocycles. The molecule has 104 valence electrons. The summed E-state index contributed by atoms with van der Waals surface area (Å²) in [5, 5.41) is 0.780. The fourth-order valence-electron chi connectivity index (χ4n) is 2.41. The molecular formula is C16H11NO4. The van der Waals surface area contributed by atoms with Gasteiger partial charge in [-0.05, 0) is 42.0 Å². The van der Waals surface area contributed by atoms with Gasteiger partial charge in [0.2, 0.25) is 6.79 Å². The first-order valence-corrected chi connectivity index (χ1v) is 6.44. The Morgan fingerprint density at radius 2 is 1.81 bits per heavy atom. The van der Waals surface area contributed by atoms with Crippen LogP contribution in [0.15, 0.2) is 51.7 Å². The lowest BCUT2D eigenvalue weighted by atomic mass is 10.1. The van der Waals surface area contributed by atoms with Gasteiger partial charge in [0.15, 0.2) is 11.5 Å². The van der Waals surface area contributed by atoms with Gasteiger partial charge in [0.25, 0.3) is 0 Å². The maximum atomic E-state index is 12.1. The molecule has 0 saturated heterocycles. The average Bonchev–Trinajstić information content (AvgIpc) is 2.94. The lowest BCUT2D eigenvalue weighted by Crippen LogP contribution is -2.02. The van der Waals surface area contributed by atoms with Crippen LogP contribution in [0.25, 0.3) is 22.1 Å². The average molecular weight is 281 g/mol. The minimum atomic E-state index is -0.397. The fraction of sp³-hybridized carbons (Fsp3) is 0.0625. The van der Waals surface area contributed by atoms with Crippen LogP contribution in [0.5, 0.6) is 11.5 Å². The SMILES string of the molecule is Nc1ccc2oc(=O)c(-c3ccc4c(c3)OCO4)cc2c1. The van der Waals surface area contributed by atoms with Gasteiger partial charge in [0, 0.05) is 11.1 Å². The van der Waals surface area contributed by atoms with E-state index in [1.165, 1.54) is 0 Å². The van der Waals surface area contributed by atoms with Crippen molar-refractivity contribution in [2.45, 2.75) is 0 Å². The zero-order chi connectivity index (χ0) is 14.4. The van der Waals surface area contributed by atoms with Crippen LogP contribution in [-0.2, 0) is 0 Å². The van der Waals surface area contributed by atoms with E-state index in [2.05, 4.69) is 0 Å². The molecule has 3 aromatic rings.